The van der Waals surface area contributed by atoms with Crippen molar-refractivity contribution in [3.63, 3.8) is 0 Å². The maximum atomic E-state index is 13.0. The van der Waals surface area contributed by atoms with Crippen LogP contribution in [0.25, 0.3) is 0 Å². The van der Waals surface area contributed by atoms with Gasteiger partial charge in [-0.3, -0.25) is 14.7 Å². The largest absolute Gasteiger partial charge is 0.497 e. The summed E-state index contributed by atoms with van der Waals surface area (Å²) in [5.41, 5.74) is 1.46. The second-order valence-corrected chi connectivity index (χ2v) is 7.84. The summed E-state index contributed by atoms with van der Waals surface area (Å²) in [7, 11) is 3.15. The lowest BCUT2D eigenvalue weighted by Gasteiger charge is -2.36. The molecule has 0 fully saturated rings. The molecule has 0 aliphatic rings. The van der Waals surface area contributed by atoms with E-state index in [1.165, 1.54) is 0 Å². The third kappa shape index (κ3) is 4.98. The van der Waals surface area contributed by atoms with E-state index in [0.29, 0.717) is 23.6 Å². The molecule has 0 saturated carbocycles. The molecule has 1 heterocycles. The van der Waals surface area contributed by atoms with Gasteiger partial charge in [0.15, 0.2) is 4.77 Å². The number of hydrogen-bond acceptors (Lipinski definition) is 6. The lowest BCUT2D eigenvalue weighted by molar-refractivity contribution is 0.161. The van der Waals surface area contributed by atoms with Crippen molar-refractivity contribution in [2.24, 2.45) is 0 Å². The van der Waals surface area contributed by atoms with Crippen LogP contribution in [0.2, 0.25) is 0 Å². The predicted octanol–water partition coefficient (Wildman–Crippen LogP) is 4.16. The normalized spacial score (nSPS) is 12.2. The fraction of sp³-hybridized carbons (Fsp3) is 0.304. The number of H-pyrrole nitrogens is 2. The van der Waals surface area contributed by atoms with E-state index in [0.717, 1.165) is 5.56 Å². The monoisotopic (exact) mass is 441 g/mol. The lowest BCUT2D eigenvalue weighted by atomic mass is 9.95. The van der Waals surface area contributed by atoms with Crippen LogP contribution in [0.15, 0.2) is 53.3 Å². The maximum absolute atomic E-state index is 13.0. The van der Waals surface area contributed by atoms with Gasteiger partial charge in [-0.25, -0.2) is 0 Å². The molecule has 31 heavy (non-hydrogen) atoms. The fourth-order valence-corrected chi connectivity index (χ4v) is 3.85. The zero-order chi connectivity index (χ0) is 22.5. The van der Waals surface area contributed by atoms with Crippen LogP contribution in [0.3, 0.4) is 0 Å². The van der Waals surface area contributed by atoms with Crippen molar-refractivity contribution in [1.29, 1.82) is 0 Å². The van der Waals surface area contributed by atoms with Gasteiger partial charge < -0.3 is 19.6 Å². The van der Waals surface area contributed by atoms with E-state index in [-0.39, 0.29) is 22.3 Å². The van der Waals surface area contributed by atoms with E-state index in [4.69, 9.17) is 21.7 Å². The van der Waals surface area contributed by atoms with Crippen molar-refractivity contribution in [1.82, 2.24) is 14.9 Å². The summed E-state index contributed by atoms with van der Waals surface area (Å²) in [4.78, 5) is 20.4. The molecule has 3 aromatic rings. The number of benzene rings is 2. The Bertz CT molecular complexity index is 1140. The van der Waals surface area contributed by atoms with Gasteiger partial charge in [0.05, 0.1) is 25.8 Å². The van der Waals surface area contributed by atoms with Crippen LogP contribution < -0.4 is 15.0 Å². The number of nitrogens with zero attached hydrogens (tertiary/aromatic N) is 1. The molecule has 0 aliphatic carbocycles. The molecule has 164 valence electrons. The average Bonchev–Trinajstić information content (AvgIpc) is 2.75. The Morgan fingerprint density at radius 2 is 1.77 bits per heavy atom. The van der Waals surface area contributed by atoms with Gasteiger partial charge in [0.1, 0.15) is 11.5 Å². The molecule has 7 nitrogen and oxygen atoms in total. The molecule has 0 amide bonds. The van der Waals surface area contributed by atoms with Crippen LogP contribution in [-0.4, -0.2) is 40.2 Å². The predicted molar refractivity (Wildman–Crippen MR) is 122 cm³/mol. The molecule has 2 aromatic carbocycles. The number of hydrogen-bond donors (Lipinski definition) is 3. The first kappa shape index (κ1) is 22.6. The van der Waals surface area contributed by atoms with E-state index >= 15 is 0 Å². The van der Waals surface area contributed by atoms with Gasteiger partial charge in [-0.05, 0) is 49.8 Å². The summed E-state index contributed by atoms with van der Waals surface area (Å²) < 4.78 is 11.1. The van der Waals surface area contributed by atoms with Gasteiger partial charge in [-0.2, -0.15) is 0 Å². The highest BCUT2D eigenvalue weighted by Crippen LogP contribution is 2.39. The van der Waals surface area contributed by atoms with Crippen LogP contribution in [0.5, 0.6) is 17.4 Å². The second-order valence-electron chi connectivity index (χ2n) is 7.43. The Kier molecular flexibility index (Phi) is 7.14. The fourth-order valence-electron chi connectivity index (χ4n) is 3.66. The van der Waals surface area contributed by atoms with Gasteiger partial charge in [0.25, 0.3) is 5.56 Å². The topological polar surface area (TPSA) is 90.6 Å². The summed E-state index contributed by atoms with van der Waals surface area (Å²) in [5, 5.41) is 10.7. The quantitative estimate of drug-likeness (QED) is 0.455. The van der Waals surface area contributed by atoms with Crippen molar-refractivity contribution in [3.05, 3.63) is 80.3 Å². The van der Waals surface area contributed by atoms with Crippen LogP contribution >= 0.6 is 12.2 Å². The summed E-state index contributed by atoms with van der Waals surface area (Å²) >= 11 is 5.03. The molecular weight excluding hydrogens is 414 g/mol. The Balaban J connectivity index is 2.29. The molecule has 0 unspecified atom stereocenters. The summed E-state index contributed by atoms with van der Waals surface area (Å²) in [6.07, 6.45) is 0. The molecule has 8 heteroatoms. The van der Waals surface area contributed by atoms with Gasteiger partial charge >= 0.3 is 0 Å². The Hall–Kier alpha value is -3.10. The average molecular weight is 442 g/mol. The van der Waals surface area contributed by atoms with Gasteiger partial charge in [0, 0.05) is 18.2 Å². The smallest absolute Gasteiger partial charge is 0.260 e. The van der Waals surface area contributed by atoms with Crippen LogP contribution in [0, 0.1) is 4.77 Å². The molecule has 1 aromatic heterocycles. The number of rotatable bonds is 8. The number of aromatic amines is 2. The highest BCUT2D eigenvalue weighted by molar-refractivity contribution is 7.71. The van der Waals surface area contributed by atoms with E-state index < -0.39 is 11.6 Å². The van der Waals surface area contributed by atoms with Crippen molar-refractivity contribution < 1.29 is 14.6 Å². The summed E-state index contributed by atoms with van der Waals surface area (Å²) in [5.74, 6) is 0.914. The van der Waals surface area contributed by atoms with Gasteiger partial charge in [-0.1, -0.05) is 30.3 Å². The highest BCUT2D eigenvalue weighted by atomic mass is 32.1. The van der Waals surface area contributed by atoms with Crippen LogP contribution in [0.4, 0.5) is 0 Å². The number of aromatic nitrogens is 2. The SMILES string of the molecule is COc1ccc(OC)c([C@@H](c2c(O)[nH]c(=S)[nH]c2=O)N(Cc2ccccc2)C(C)C)c1. The zero-order valence-corrected chi connectivity index (χ0v) is 18.8. The first-order valence-corrected chi connectivity index (χ1v) is 10.3. The van der Waals surface area contributed by atoms with Gasteiger partial charge in [0.2, 0.25) is 5.88 Å². The molecule has 3 N–H and O–H groups in total. The number of aromatic hydroxyl groups is 1. The van der Waals surface area contributed by atoms with Gasteiger partial charge in [-0.15, -0.1) is 0 Å². The third-order valence-corrected chi connectivity index (χ3v) is 5.37. The lowest BCUT2D eigenvalue weighted by Crippen LogP contribution is -2.38. The highest BCUT2D eigenvalue weighted by Gasteiger charge is 2.32. The van der Waals surface area contributed by atoms with E-state index in [1.54, 1.807) is 26.4 Å². The molecule has 3 rings (SSSR count). The minimum absolute atomic E-state index is 0.0168. The second kappa shape index (κ2) is 9.80. The molecule has 0 spiro atoms. The van der Waals surface area contributed by atoms with Crippen molar-refractivity contribution in [3.8, 4) is 17.4 Å². The third-order valence-electron chi connectivity index (χ3n) is 5.17. The van der Waals surface area contributed by atoms with E-state index in [1.807, 2.05) is 50.2 Å². The Morgan fingerprint density at radius 1 is 1.06 bits per heavy atom. The van der Waals surface area contributed by atoms with E-state index in [2.05, 4.69) is 14.9 Å². The molecule has 0 aliphatic heterocycles. The van der Waals surface area contributed by atoms with Crippen molar-refractivity contribution >= 4 is 12.2 Å². The summed E-state index contributed by atoms with van der Waals surface area (Å²) in [6.45, 7) is 4.62. The molecular formula is C23H27N3O4S. The van der Waals surface area contributed by atoms with E-state index in [9.17, 15) is 9.90 Å². The minimum Gasteiger partial charge on any atom is -0.497 e. The Labute approximate surface area is 186 Å². The standard InChI is InChI=1S/C23H27N3O4S/c1-14(2)26(13-15-8-6-5-7-9-15)20(19-21(27)24-23(31)25-22(19)28)17-12-16(29-3)10-11-18(17)30-4/h5-12,14,20H,13H2,1-4H3,(H3,24,25,27,28,31)/t20-/m0/s1. The number of ether oxygens (including phenoxy) is 2. The first-order valence-electron chi connectivity index (χ1n) is 9.92. The summed E-state index contributed by atoms with van der Waals surface area (Å²) in [6, 6.07) is 14.7. The Morgan fingerprint density at radius 3 is 2.35 bits per heavy atom. The minimum atomic E-state index is -0.638. The van der Waals surface area contributed by atoms with Crippen molar-refractivity contribution in [2.75, 3.05) is 14.2 Å². The maximum Gasteiger partial charge on any atom is 0.260 e. The zero-order valence-electron chi connectivity index (χ0n) is 18.0. The molecule has 0 saturated heterocycles. The first-order chi connectivity index (χ1) is 14.8. The van der Waals surface area contributed by atoms with Crippen LogP contribution in [0.1, 0.15) is 36.6 Å². The number of methoxy groups -OCH3 is 2. The molecule has 0 bridgehead atoms. The molecule has 1 atom stereocenters. The van der Waals surface area contributed by atoms with Crippen LogP contribution in [-0.2, 0) is 6.54 Å². The van der Waals surface area contributed by atoms with Crippen molar-refractivity contribution in [2.45, 2.75) is 32.5 Å². The molecule has 0 radical (unpaired) electrons. The number of nitrogens with one attached hydrogen (secondary N) is 2.